The van der Waals surface area contributed by atoms with Crippen molar-refractivity contribution in [3.8, 4) is 5.75 Å². The number of nitrogens with one attached hydrogen (secondary N) is 1. The Labute approximate surface area is 141 Å². The second-order valence-electron chi connectivity index (χ2n) is 6.60. The van der Waals surface area contributed by atoms with E-state index in [1.165, 1.54) is 5.82 Å². The van der Waals surface area contributed by atoms with Gasteiger partial charge >= 0.3 is 0 Å². The van der Waals surface area contributed by atoms with Crippen LogP contribution >= 0.6 is 0 Å². The van der Waals surface area contributed by atoms with Crippen LogP contribution in [0.2, 0.25) is 0 Å². The zero-order valence-corrected chi connectivity index (χ0v) is 14.4. The van der Waals surface area contributed by atoms with Gasteiger partial charge in [0.15, 0.2) is 11.3 Å². The summed E-state index contributed by atoms with van der Waals surface area (Å²) in [6.07, 6.45) is 4.26. The number of benzene rings is 1. The van der Waals surface area contributed by atoms with Crippen molar-refractivity contribution in [2.45, 2.75) is 45.3 Å². The molecule has 2 atom stereocenters. The summed E-state index contributed by atoms with van der Waals surface area (Å²) >= 11 is 0. The molecule has 0 bridgehead atoms. The standard InChI is InChI=1S/C19H23N3O2/c1-12-10-22-11-15(7-8-18(22)20-12)21-13(2)17-9-14-5-4-6-16(23-3)19(14)24-17/h4-6,9-10,13,15,21H,7-8,11H2,1-3H3/t13-,15+/m1/s1. The van der Waals surface area contributed by atoms with Gasteiger partial charge in [-0.25, -0.2) is 4.98 Å². The van der Waals surface area contributed by atoms with E-state index in [4.69, 9.17) is 9.15 Å². The van der Waals surface area contributed by atoms with Gasteiger partial charge in [0.1, 0.15) is 11.6 Å². The molecule has 3 aromatic rings. The Balaban J connectivity index is 1.51. The second kappa shape index (κ2) is 5.98. The molecule has 4 rings (SSSR count). The third-order valence-electron chi connectivity index (χ3n) is 4.77. The van der Waals surface area contributed by atoms with Crippen LogP contribution in [0.25, 0.3) is 11.0 Å². The molecule has 5 nitrogen and oxygen atoms in total. The maximum absolute atomic E-state index is 6.06. The quantitative estimate of drug-likeness (QED) is 0.796. The van der Waals surface area contributed by atoms with Crippen molar-refractivity contribution in [3.63, 3.8) is 0 Å². The highest BCUT2D eigenvalue weighted by atomic mass is 16.5. The fraction of sp³-hybridized carbons (Fsp3) is 0.421. The molecule has 0 fully saturated rings. The van der Waals surface area contributed by atoms with Crippen LogP contribution in [0.5, 0.6) is 5.75 Å². The SMILES string of the molecule is COc1cccc2cc([C@@H](C)N[C@H]3CCc4nc(C)cn4C3)oc12. The summed E-state index contributed by atoms with van der Waals surface area (Å²) in [5.74, 6) is 2.93. The van der Waals surface area contributed by atoms with Gasteiger partial charge in [0.25, 0.3) is 0 Å². The third kappa shape index (κ3) is 2.69. The zero-order valence-electron chi connectivity index (χ0n) is 14.4. The number of imidazole rings is 1. The highest BCUT2D eigenvalue weighted by molar-refractivity contribution is 5.83. The van der Waals surface area contributed by atoms with Crippen LogP contribution < -0.4 is 10.1 Å². The molecule has 2 aromatic heterocycles. The number of aryl methyl sites for hydroxylation is 2. The minimum absolute atomic E-state index is 0.151. The van der Waals surface area contributed by atoms with E-state index in [-0.39, 0.29) is 6.04 Å². The number of nitrogens with zero attached hydrogens (tertiary/aromatic N) is 2. The normalized spacial score (nSPS) is 18.5. The van der Waals surface area contributed by atoms with Crippen LogP contribution in [0.15, 0.2) is 34.9 Å². The van der Waals surface area contributed by atoms with E-state index in [0.717, 1.165) is 47.6 Å². The lowest BCUT2D eigenvalue weighted by atomic mass is 10.1. The van der Waals surface area contributed by atoms with Gasteiger partial charge in [-0.2, -0.15) is 0 Å². The first-order chi connectivity index (χ1) is 11.6. The molecule has 5 heteroatoms. The Morgan fingerprint density at radius 3 is 3.12 bits per heavy atom. The fourth-order valence-corrected chi connectivity index (χ4v) is 3.59. The largest absolute Gasteiger partial charge is 0.493 e. The summed E-state index contributed by atoms with van der Waals surface area (Å²) in [6, 6.07) is 8.65. The Kier molecular flexibility index (Phi) is 3.81. The lowest BCUT2D eigenvalue weighted by molar-refractivity contribution is 0.329. The number of methoxy groups -OCH3 is 1. The first-order valence-corrected chi connectivity index (χ1v) is 8.49. The minimum atomic E-state index is 0.151. The van der Waals surface area contributed by atoms with Crippen molar-refractivity contribution in [2.24, 2.45) is 0 Å². The number of furan rings is 1. The van der Waals surface area contributed by atoms with Gasteiger partial charge in [0.2, 0.25) is 0 Å². The predicted molar refractivity (Wildman–Crippen MR) is 93.4 cm³/mol. The van der Waals surface area contributed by atoms with Crippen LogP contribution in [-0.4, -0.2) is 22.7 Å². The van der Waals surface area contributed by atoms with Gasteiger partial charge in [-0.15, -0.1) is 0 Å². The van der Waals surface area contributed by atoms with E-state index in [1.807, 2.05) is 12.1 Å². The first kappa shape index (κ1) is 15.3. The van der Waals surface area contributed by atoms with Crippen molar-refractivity contribution in [1.82, 2.24) is 14.9 Å². The highest BCUT2D eigenvalue weighted by Crippen LogP contribution is 2.31. The van der Waals surface area contributed by atoms with Crippen molar-refractivity contribution < 1.29 is 9.15 Å². The molecule has 1 aliphatic heterocycles. The molecule has 0 spiro atoms. The third-order valence-corrected chi connectivity index (χ3v) is 4.77. The van der Waals surface area contributed by atoms with Crippen molar-refractivity contribution >= 4 is 11.0 Å². The molecule has 126 valence electrons. The lowest BCUT2D eigenvalue weighted by Gasteiger charge is -2.27. The molecule has 0 unspecified atom stereocenters. The lowest BCUT2D eigenvalue weighted by Crippen LogP contribution is -2.38. The maximum Gasteiger partial charge on any atom is 0.176 e. The summed E-state index contributed by atoms with van der Waals surface area (Å²) in [6.45, 7) is 5.17. The van der Waals surface area contributed by atoms with Crippen LogP contribution in [0.3, 0.4) is 0 Å². The molecular weight excluding hydrogens is 302 g/mol. The van der Waals surface area contributed by atoms with Crippen LogP contribution in [0.4, 0.5) is 0 Å². The smallest absolute Gasteiger partial charge is 0.176 e. The molecule has 0 amide bonds. The molecule has 1 aliphatic rings. The van der Waals surface area contributed by atoms with E-state index in [0.29, 0.717) is 6.04 Å². The molecule has 24 heavy (non-hydrogen) atoms. The molecule has 3 heterocycles. The van der Waals surface area contributed by atoms with E-state index >= 15 is 0 Å². The Morgan fingerprint density at radius 1 is 1.42 bits per heavy atom. The highest BCUT2D eigenvalue weighted by Gasteiger charge is 2.23. The van der Waals surface area contributed by atoms with E-state index in [1.54, 1.807) is 7.11 Å². The average Bonchev–Trinajstić information content (AvgIpc) is 3.16. The van der Waals surface area contributed by atoms with Crippen LogP contribution in [0.1, 0.15) is 36.7 Å². The number of aromatic nitrogens is 2. The van der Waals surface area contributed by atoms with Crippen LogP contribution in [0, 0.1) is 6.92 Å². The maximum atomic E-state index is 6.06. The van der Waals surface area contributed by atoms with E-state index in [2.05, 4.69) is 47.0 Å². The first-order valence-electron chi connectivity index (χ1n) is 8.49. The number of ether oxygens (including phenoxy) is 1. The molecule has 0 saturated heterocycles. The molecule has 0 saturated carbocycles. The topological polar surface area (TPSA) is 52.2 Å². The predicted octanol–water partition coefficient (Wildman–Crippen LogP) is 3.61. The average molecular weight is 325 g/mol. The molecule has 0 radical (unpaired) electrons. The zero-order chi connectivity index (χ0) is 16.7. The van der Waals surface area contributed by atoms with E-state index < -0.39 is 0 Å². The monoisotopic (exact) mass is 325 g/mol. The van der Waals surface area contributed by atoms with Gasteiger partial charge in [0.05, 0.1) is 18.8 Å². The fourth-order valence-electron chi connectivity index (χ4n) is 3.59. The minimum Gasteiger partial charge on any atom is -0.493 e. The van der Waals surface area contributed by atoms with Crippen LogP contribution in [-0.2, 0) is 13.0 Å². The number of hydrogen-bond donors (Lipinski definition) is 1. The summed E-state index contributed by atoms with van der Waals surface area (Å²) in [4.78, 5) is 4.57. The van der Waals surface area contributed by atoms with Gasteiger partial charge < -0.3 is 19.0 Å². The Morgan fingerprint density at radius 2 is 2.29 bits per heavy atom. The Hall–Kier alpha value is -2.27. The summed E-state index contributed by atoms with van der Waals surface area (Å²) < 4.78 is 13.7. The van der Waals surface area contributed by atoms with Crippen molar-refractivity contribution in [2.75, 3.05) is 7.11 Å². The van der Waals surface area contributed by atoms with Crippen molar-refractivity contribution in [1.29, 1.82) is 0 Å². The molecule has 0 aliphatic carbocycles. The van der Waals surface area contributed by atoms with Crippen molar-refractivity contribution in [3.05, 3.63) is 47.7 Å². The Bertz CT molecular complexity index is 865. The number of para-hydroxylation sites is 1. The molecule has 1 aromatic carbocycles. The number of rotatable bonds is 4. The van der Waals surface area contributed by atoms with E-state index in [9.17, 15) is 0 Å². The second-order valence-corrected chi connectivity index (χ2v) is 6.60. The summed E-state index contributed by atoms with van der Waals surface area (Å²) in [5, 5.41) is 4.78. The molecule has 1 N–H and O–H groups in total. The van der Waals surface area contributed by atoms with Gasteiger partial charge in [-0.3, -0.25) is 0 Å². The van der Waals surface area contributed by atoms with Gasteiger partial charge in [-0.1, -0.05) is 12.1 Å². The van der Waals surface area contributed by atoms with Gasteiger partial charge in [0, 0.05) is 30.6 Å². The van der Waals surface area contributed by atoms with Gasteiger partial charge in [-0.05, 0) is 32.4 Å². The number of fused-ring (bicyclic) bond motifs is 2. The summed E-state index contributed by atoms with van der Waals surface area (Å²) in [5.41, 5.74) is 1.92. The summed E-state index contributed by atoms with van der Waals surface area (Å²) in [7, 11) is 1.67. The number of hydrogen-bond acceptors (Lipinski definition) is 4. The molecular formula is C19H23N3O2.